The first-order valence-corrected chi connectivity index (χ1v) is 4.96. The van der Waals surface area contributed by atoms with Gasteiger partial charge in [-0.2, -0.15) is 0 Å². The van der Waals surface area contributed by atoms with Crippen molar-refractivity contribution in [3.8, 4) is 0 Å². The highest BCUT2D eigenvalue weighted by atomic mass is 16.4. The standard InChI is InChI=1S/C11H20O2/c1-7(2)6-11(5)8(9(12)13)10(11,3)4/h7-8H,6H2,1-5H3,(H,12,13). The van der Waals surface area contributed by atoms with Gasteiger partial charge in [-0.05, 0) is 23.2 Å². The molecule has 0 aliphatic heterocycles. The fourth-order valence-corrected chi connectivity index (χ4v) is 2.88. The third-order valence-corrected chi connectivity index (χ3v) is 3.83. The average Bonchev–Trinajstić information content (AvgIpc) is 2.22. The zero-order valence-electron chi connectivity index (χ0n) is 9.22. The Balaban J connectivity index is 2.78. The number of hydrogen-bond acceptors (Lipinski definition) is 1. The minimum absolute atomic E-state index is 0.00694. The number of carboxylic acids is 1. The summed E-state index contributed by atoms with van der Waals surface area (Å²) in [6.45, 7) is 10.5. The predicted octanol–water partition coefficient (Wildman–Crippen LogP) is 2.78. The first kappa shape index (κ1) is 10.6. The van der Waals surface area contributed by atoms with E-state index in [2.05, 4.69) is 34.6 Å². The molecule has 13 heavy (non-hydrogen) atoms. The van der Waals surface area contributed by atoms with Crippen LogP contribution in [0.3, 0.4) is 0 Å². The lowest BCUT2D eigenvalue weighted by molar-refractivity contribution is -0.140. The van der Waals surface area contributed by atoms with Crippen LogP contribution in [0.15, 0.2) is 0 Å². The summed E-state index contributed by atoms with van der Waals surface area (Å²) in [6.07, 6.45) is 1.01. The molecule has 0 bridgehead atoms. The molecule has 0 heterocycles. The van der Waals surface area contributed by atoms with Crippen molar-refractivity contribution in [3.05, 3.63) is 0 Å². The van der Waals surface area contributed by atoms with E-state index in [9.17, 15) is 4.79 Å². The lowest BCUT2D eigenvalue weighted by Gasteiger charge is -2.16. The average molecular weight is 184 g/mol. The molecule has 76 valence electrons. The molecule has 1 N–H and O–H groups in total. The number of carbonyl (C=O) groups is 1. The Kier molecular flexibility index (Phi) is 2.21. The summed E-state index contributed by atoms with van der Waals surface area (Å²) in [5, 5.41) is 9.04. The molecule has 1 rings (SSSR count). The van der Waals surface area contributed by atoms with Crippen LogP contribution in [0.2, 0.25) is 0 Å². The van der Waals surface area contributed by atoms with Gasteiger partial charge < -0.3 is 5.11 Å². The van der Waals surface area contributed by atoms with Crippen LogP contribution in [0.1, 0.15) is 41.0 Å². The van der Waals surface area contributed by atoms with Crippen LogP contribution in [0.5, 0.6) is 0 Å². The maximum Gasteiger partial charge on any atom is 0.307 e. The molecule has 1 fully saturated rings. The van der Waals surface area contributed by atoms with Crippen molar-refractivity contribution in [2.45, 2.75) is 41.0 Å². The molecule has 2 nitrogen and oxygen atoms in total. The Morgan fingerprint density at radius 3 is 2.08 bits per heavy atom. The summed E-state index contributed by atoms with van der Waals surface area (Å²) in [5.41, 5.74) is -0.0178. The van der Waals surface area contributed by atoms with Gasteiger partial charge in [0.25, 0.3) is 0 Å². The molecule has 1 saturated carbocycles. The SMILES string of the molecule is CC(C)CC1(C)C(C(=O)O)C1(C)C. The molecule has 2 heteroatoms. The topological polar surface area (TPSA) is 37.3 Å². The van der Waals surface area contributed by atoms with Crippen LogP contribution in [-0.2, 0) is 4.79 Å². The summed E-state index contributed by atoms with van der Waals surface area (Å²) in [5.74, 6) is -0.204. The Hall–Kier alpha value is -0.530. The molecule has 2 unspecified atom stereocenters. The van der Waals surface area contributed by atoms with E-state index < -0.39 is 5.97 Å². The molecule has 0 amide bonds. The first-order chi connectivity index (χ1) is 5.73. The third kappa shape index (κ3) is 1.36. The number of hydrogen-bond donors (Lipinski definition) is 1. The third-order valence-electron chi connectivity index (χ3n) is 3.83. The van der Waals surface area contributed by atoms with Crippen LogP contribution < -0.4 is 0 Å². The predicted molar refractivity (Wildman–Crippen MR) is 52.5 cm³/mol. The summed E-state index contributed by atoms with van der Waals surface area (Å²) >= 11 is 0. The van der Waals surface area contributed by atoms with Gasteiger partial charge in [-0.15, -0.1) is 0 Å². The number of aliphatic carboxylic acids is 1. The van der Waals surface area contributed by atoms with Gasteiger partial charge in [0.2, 0.25) is 0 Å². The van der Waals surface area contributed by atoms with E-state index in [1.807, 2.05) is 0 Å². The fourth-order valence-electron chi connectivity index (χ4n) is 2.88. The van der Waals surface area contributed by atoms with E-state index in [0.717, 1.165) is 6.42 Å². The second kappa shape index (κ2) is 2.73. The lowest BCUT2D eigenvalue weighted by atomic mass is 9.89. The van der Waals surface area contributed by atoms with Crippen LogP contribution in [0.25, 0.3) is 0 Å². The van der Waals surface area contributed by atoms with Crippen molar-refractivity contribution in [3.63, 3.8) is 0 Å². The van der Waals surface area contributed by atoms with Crippen molar-refractivity contribution in [2.24, 2.45) is 22.7 Å². The van der Waals surface area contributed by atoms with Gasteiger partial charge in [0.1, 0.15) is 0 Å². The molecular formula is C11H20O2. The minimum atomic E-state index is -0.631. The van der Waals surface area contributed by atoms with Gasteiger partial charge in [-0.1, -0.05) is 34.6 Å². The molecule has 1 aliphatic rings. The summed E-state index contributed by atoms with van der Waals surface area (Å²) < 4.78 is 0. The van der Waals surface area contributed by atoms with Crippen LogP contribution in [0.4, 0.5) is 0 Å². The quantitative estimate of drug-likeness (QED) is 0.732. The number of rotatable bonds is 3. The highest BCUT2D eigenvalue weighted by Gasteiger charge is 2.71. The Morgan fingerprint density at radius 1 is 1.38 bits per heavy atom. The molecule has 1 aliphatic carbocycles. The summed E-state index contributed by atoms with van der Waals surface area (Å²) in [6, 6.07) is 0. The van der Waals surface area contributed by atoms with E-state index in [4.69, 9.17) is 5.11 Å². The molecule has 0 radical (unpaired) electrons. The minimum Gasteiger partial charge on any atom is -0.481 e. The highest BCUT2D eigenvalue weighted by Crippen LogP contribution is 2.71. The molecule has 0 aromatic rings. The summed E-state index contributed by atoms with van der Waals surface area (Å²) in [4.78, 5) is 11.0. The van der Waals surface area contributed by atoms with Crippen molar-refractivity contribution in [2.75, 3.05) is 0 Å². The molecule has 2 atom stereocenters. The van der Waals surface area contributed by atoms with Gasteiger partial charge in [-0.25, -0.2) is 0 Å². The molecule has 0 saturated heterocycles. The second-order valence-electron chi connectivity index (χ2n) is 5.51. The van der Waals surface area contributed by atoms with Crippen LogP contribution in [-0.4, -0.2) is 11.1 Å². The van der Waals surface area contributed by atoms with E-state index in [-0.39, 0.29) is 16.7 Å². The van der Waals surface area contributed by atoms with E-state index >= 15 is 0 Å². The van der Waals surface area contributed by atoms with Gasteiger partial charge in [0.15, 0.2) is 0 Å². The maximum absolute atomic E-state index is 11.0. The van der Waals surface area contributed by atoms with Gasteiger partial charge in [0, 0.05) is 0 Å². The smallest absolute Gasteiger partial charge is 0.307 e. The first-order valence-electron chi connectivity index (χ1n) is 4.96. The Bertz CT molecular complexity index is 230. The zero-order chi connectivity index (χ0) is 10.4. The molecule has 0 aromatic heterocycles. The van der Waals surface area contributed by atoms with Crippen LogP contribution >= 0.6 is 0 Å². The maximum atomic E-state index is 11.0. The summed E-state index contributed by atoms with van der Waals surface area (Å²) in [7, 11) is 0. The van der Waals surface area contributed by atoms with Gasteiger partial charge in [-0.3, -0.25) is 4.79 Å². The van der Waals surface area contributed by atoms with E-state index in [0.29, 0.717) is 5.92 Å². The second-order valence-corrected chi connectivity index (χ2v) is 5.51. The van der Waals surface area contributed by atoms with Crippen molar-refractivity contribution >= 4 is 5.97 Å². The highest BCUT2D eigenvalue weighted by molar-refractivity contribution is 5.76. The van der Waals surface area contributed by atoms with Gasteiger partial charge in [0.05, 0.1) is 5.92 Å². The normalized spacial score (nSPS) is 36.3. The van der Waals surface area contributed by atoms with E-state index in [1.165, 1.54) is 0 Å². The zero-order valence-corrected chi connectivity index (χ0v) is 9.22. The van der Waals surface area contributed by atoms with E-state index in [1.54, 1.807) is 0 Å². The largest absolute Gasteiger partial charge is 0.481 e. The fraction of sp³-hybridized carbons (Fsp3) is 0.909. The Morgan fingerprint density at radius 2 is 1.85 bits per heavy atom. The molecular weight excluding hydrogens is 164 g/mol. The van der Waals surface area contributed by atoms with Crippen molar-refractivity contribution in [1.82, 2.24) is 0 Å². The molecule has 0 aromatic carbocycles. The molecule has 0 spiro atoms. The monoisotopic (exact) mass is 184 g/mol. The van der Waals surface area contributed by atoms with Gasteiger partial charge >= 0.3 is 5.97 Å². The lowest BCUT2D eigenvalue weighted by Crippen LogP contribution is -2.09. The van der Waals surface area contributed by atoms with Crippen LogP contribution in [0, 0.1) is 22.7 Å². The number of carboxylic acid groups (broad SMARTS) is 1. The van der Waals surface area contributed by atoms with Crippen molar-refractivity contribution < 1.29 is 9.90 Å². The van der Waals surface area contributed by atoms with Crippen molar-refractivity contribution in [1.29, 1.82) is 0 Å². The Labute approximate surface area is 80.3 Å².